The standard InChI is InChI=1S/C11H5F4NO2/c1-18-4-5(3-16)11(17)6-2-7(12)9(14)10(15)8(6)13/h2,4H,1H3. The molecule has 0 atom stereocenters. The molecule has 0 unspecified atom stereocenters. The number of ether oxygens (including phenoxy) is 1. The van der Waals surface area contributed by atoms with E-state index in [1.165, 1.54) is 6.07 Å². The van der Waals surface area contributed by atoms with Gasteiger partial charge in [0.1, 0.15) is 17.9 Å². The Hall–Kier alpha value is -2.36. The van der Waals surface area contributed by atoms with Gasteiger partial charge in [0.25, 0.3) is 0 Å². The van der Waals surface area contributed by atoms with Crippen molar-refractivity contribution in [3.8, 4) is 6.07 Å². The number of nitrogens with zero attached hydrogens (tertiary/aromatic N) is 1. The van der Waals surface area contributed by atoms with Crippen LogP contribution >= 0.6 is 0 Å². The van der Waals surface area contributed by atoms with E-state index in [4.69, 9.17) is 5.26 Å². The van der Waals surface area contributed by atoms with E-state index in [9.17, 15) is 22.4 Å². The van der Waals surface area contributed by atoms with Gasteiger partial charge >= 0.3 is 0 Å². The third kappa shape index (κ3) is 2.32. The minimum atomic E-state index is -2.12. The molecule has 0 radical (unpaired) electrons. The van der Waals surface area contributed by atoms with Crippen molar-refractivity contribution < 1.29 is 27.1 Å². The summed E-state index contributed by atoms with van der Waals surface area (Å²) in [6.07, 6.45) is 0.681. The number of carbonyl (C=O) groups excluding carboxylic acids is 1. The third-order valence-corrected chi connectivity index (χ3v) is 1.95. The van der Waals surface area contributed by atoms with Gasteiger partial charge in [-0.25, -0.2) is 17.6 Å². The molecular formula is C11H5F4NO2. The first-order valence-corrected chi connectivity index (χ1v) is 4.44. The highest BCUT2D eigenvalue weighted by Gasteiger charge is 2.25. The summed E-state index contributed by atoms with van der Waals surface area (Å²) in [6, 6.07) is 1.54. The molecule has 94 valence electrons. The zero-order chi connectivity index (χ0) is 13.9. The number of carbonyl (C=O) groups is 1. The third-order valence-electron chi connectivity index (χ3n) is 1.95. The van der Waals surface area contributed by atoms with Gasteiger partial charge in [-0.3, -0.25) is 4.79 Å². The van der Waals surface area contributed by atoms with Gasteiger partial charge in [-0.05, 0) is 6.07 Å². The lowest BCUT2D eigenvalue weighted by Gasteiger charge is -2.04. The first-order chi connectivity index (χ1) is 8.43. The molecule has 0 spiro atoms. The van der Waals surface area contributed by atoms with Crippen molar-refractivity contribution in [1.29, 1.82) is 5.26 Å². The minimum Gasteiger partial charge on any atom is -0.503 e. The van der Waals surface area contributed by atoms with Crippen LogP contribution in [0, 0.1) is 34.6 Å². The maximum Gasteiger partial charge on any atom is 0.209 e. The molecule has 18 heavy (non-hydrogen) atoms. The van der Waals surface area contributed by atoms with Crippen LogP contribution in [0.4, 0.5) is 17.6 Å². The zero-order valence-corrected chi connectivity index (χ0v) is 8.93. The maximum absolute atomic E-state index is 13.2. The second kappa shape index (κ2) is 5.31. The molecule has 0 aromatic heterocycles. The Morgan fingerprint density at radius 3 is 2.39 bits per heavy atom. The number of methoxy groups -OCH3 is 1. The molecule has 1 rings (SSSR count). The lowest BCUT2D eigenvalue weighted by molar-refractivity contribution is 0.102. The average Bonchev–Trinajstić information content (AvgIpc) is 2.37. The fourth-order valence-corrected chi connectivity index (χ4v) is 1.13. The molecule has 7 heteroatoms. The van der Waals surface area contributed by atoms with Gasteiger partial charge in [0.05, 0.1) is 12.7 Å². The molecule has 1 aromatic rings. The molecule has 3 nitrogen and oxygen atoms in total. The second-order valence-electron chi connectivity index (χ2n) is 3.06. The summed E-state index contributed by atoms with van der Waals surface area (Å²) in [6.45, 7) is 0. The molecule has 0 aliphatic heterocycles. The number of Topliss-reactive ketones (excluding diaryl/α,β-unsaturated/α-hetero) is 1. The number of nitriles is 1. The predicted molar refractivity (Wildman–Crippen MR) is 51.3 cm³/mol. The molecule has 0 heterocycles. The second-order valence-corrected chi connectivity index (χ2v) is 3.06. The van der Waals surface area contributed by atoms with Crippen LogP contribution in [0.1, 0.15) is 10.4 Å². The zero-order valence-electron chi connectivity index (χ0n) is 8.93. The van der Waals surface area contributed by atoms with E-state index in [0.717, 1.165) is 7.11 Å². The number of halogens is 4. The first-order valence-electron chi connectivity index (χ1n) is 4.44. The molecule has 0 amide bonds. The van der Waals surface area contributed by atoms with E-state index < -0.39 is 40.2 Å². The van der Waals surface area contributed by atoms with E-state index in [1.54, 1.807) is 0 Å². The summed E-state index contributed by atoms with van der Waals surface area (Å²) in [4.78, 5) is 11.5. The average molecular weight is 259 g/mol. The molecular weight excluding hydrogens is 254 g/mol. The van der Waals surface area contributed by atoms with Crippen LogP contribution in [-0.2, 0) is 4.74 Å². The van der Waals surface area contributed by atoms with Crippen molar-refractivity contribution in [3.05, 3.63) is 46.7 Å². The SMILES string of the molecule is COC=C(C#N)C(=O)c1cc(F)c(F)c(F)c1F. The molecule has 0 aliphatic rings. The van der Waals surface area contributed by atoms with Crippen molar-refractivity contribution in [3.63, 3.8) is 0 Å². The highest BCUT2D eigenvalue weighted by Crippen LogP contribution is 2.21. The lowest BCUT2D eigenvalue weighted by Crippen LogP contribution is -2.10. The quantitative estimate of drug-likeness (QED) is 0.159. The summed E-state index contributed by atoms with van der Waals surface area (Å²) < 4.78 is 56.0. The van der Waals surface area contributed by atoms with Crippen LogP contribution in [-0.4, -0.2) is 12.9 Å². The Labute approximate surface area is 98.9 Å². The maximum atomic E-state index is 13.2. The lowest BCUT2D eigenvalue weighted by atomic mass is 10.0. The largest absolute Gasteiger partial charge is 0.503 e. The molecule has 0 aliphatic carbocycles. The minimum absolute atomic E-state index is 0.177. The van der Waals surface area contributed by atoms with Crippen LogP contribution in [0.15, 0.2) is 17.9 Å². The van der Waals surface area contributed by atoms with Crippen LogP contribution in [0.3, 0.4) is 0 Å². The molecule has 1 aromatic carbocycles. The Bertz CT molecular complexity index is 575. The number of rotatable bonds is 3. The highest BCUT2D eigenvalue weighted by atomic mass is 19.2. The van der Waals surface area contributed by atoms with Gasteiger partial charge in [-0.1, -0.05) is 0 Å². The van der Waals surface area contributed by atoms with Crippen molar-refractivity contribution in [2.45, 2.75) is 0 Å². The van der Waals surface area contributed by atoms with Crippen LogP contribution in [0.5, 0.6) is 0 Å². The van der Waals surface area contributed by atoms with Gasteiger partial charge in [0.15, 0.2) is 23.3 Å². The normalized spacial score (nSPS) is 11.0. The van der Waals surface area contributed by atoms with Gasteiger partial charge < -0.3 is 4.74 Å². The summed E-state index contributed by atoms with van der Waals surface area (Å²) in [7, 11) is 1.12. The first kappa shape index (κ1) is 13.7. The van der Waals surface area contributed by atoms with Crippen LogP contribution in [0.25, 0.3) is 0 Å². The van der Waals surface area contributed by atoms with Gasteiger partial charge in [-0.2, -0.15) is 5.26 Å². The van der Waals surface area contributed by atoms with Gasteiger partial charge in [0.2, 0.25) is 5.78 Å². The van der Waals surface area contributed by atoms with Gasteiger partial charge in [-0.15, -0.1) is 0 Å². The van der Waals surface area contributed by atoms with Crippen molar-refractivity contribution in [1.82, 2.24) is 0 Å². The summed E-state index contributed by atoms with van der Waals surface area (Å²) in [5.74, 6) is -9.05. The smallest absolute Gasteiger partial charge is 0.209 e. The van der Waals surface area contributed by atoms with Crippen molar-refractivity contribution in [2.24, 2.45) is 0 Å². The predicted octanol–water partition coefficient (Wildman–Crippen LogP) is 2.48. The van der Waals surface area contributed by atoms with E-state index in [0.29, 0.717) is 6.26 Å². The molecule has 0 fully saturated rings. The van der Waals surface area contributed by atoms with Crippen LogP contribution < -0.4 is 0 Å². The monoisotopic (exact) mass is 259 g/mol. The van der Waals surface area contributed by atoms with E-state index in [-0.39, 0.29) is 6.07 Å². The number of hydrogen-bond acceptors (Lipinski definition) is 3. The fraction of sp³-hybridized carbons (Fsp3) is 0.0909. The number of hydrogen-bond donors (Lipinski definition) is 0. The Morgan fingerprint density at radius 2 is 1.89 bits per heavy atom. The summed E-state index contributed by atoms with van der Waals surface area (Å²) >= 11 is 0. The Kier molecular flexibility index (Phi) is 4.05. The number of benzene rings is 1. The van der Waals surface area contributed by atoms with E-state index in [2.05, 4.69) is 4.74 Å². The van der Waals surface area contributed by atoms with Crippen molar-refractivity contribution >= 4 is 5.78 Å². The molecule has 0 saturated carbocycles. The van der Waals surface area contributed by atoms with Crippen molar-refractivity contribution in [2.75, 3.05) is 7.11 Å². The number of allylic oxidation sites excluding steroid dienone is 1. The Balaban J connectivity index is 3.40. The molecule has 0 N–H and O–H groups in total. The number of ketones is 1. The van der Waals surface area contributed by atoms with Gasteiger partial charge in [0, 0.05) is 0 Å². The van der Waals surface area contributed by atoms with E-state index >= 15 is 0 Å². The van der Waals surface area contributed by atoms with E-state index in [1.807, 2.05) is 0 Å². The summed E-state index contributed by atoms with van der Waals surface area (Å²) in [5, 5.41) is 8.57. The Morgan fingerprint density at radius 1 is 1.28 bits per heavy atom. The fourth-order valence-electron chi connectivity index (χ4n) is 1.13. The summed E-state index contributed by atoms with van der Waals surface area (Å²) in [5.41, 5.74) is -1.77. The highest BCUT2D eigenvalue weighted by molar-refractivity contribution is 6.11. The molecule has 0 saturated heterocycles. The van der Waals surface area contributed by atoms with Crippen LogP contribution in [0.2, 0.25) is 0 Å². The molecule has 0 bridgehead atoms. The topological polar surface area (TPSA) is 50.1 Å².